The summed E-state index contributed by atoms with van der Waals surface area (Å²) in [5.74, 6) is -2.03. The van der Waals surface area contributed by atoms with Gasteiger partial charge in [0.2, 0.25) is 0 Å². The molecule has 0 unspecified atom stereocenters. The lowest BCUT2D eigenvalue weighted by atomic mass is 10.2. The van der Waals surface area contributed by atoms with Gasteiger partial charge in [-0.05, 0) is 35.3 Å². The topological polar surface area (TPSA) is 172 Å². The maximum absolute atomic E-state index is 10.4. The van der Waals surface area contributed by atoms with Crippen molar-refractivity contribution in [3.63, 3.8) is 0 Å². The molecule has 0 atom stereocenters. The van der Waals surface area contributed by atoms with Gasteiger partial charge in [0.15, 0.2) is 0 Å². The molecule has 0 aromatic heterocycles. The van der Waals surface area contributed by atoms with Gasteiger partial charge in [-0.3, -0.25) is 0 Å². The van der Waals surface area contributed by atoms with E-state index < -0.39 is 11.9 Å². The molecule has 0 radical (unpaired) electrons. The first-order valence-electron chi connectivity index (χ1n) is 6.25. The van der Waals surface area contributed by atoms with Crippen LogP contribution in [0.2, 0.25) is 0 Å². The van der Waals surface area contributed by atoms with Crippen molar-refractivity contribution in [1.29, 1.82) is 0 Å². The number of hydrogen-bond donors (Lipinski definition) is 2. The van der Waals surface area contributed by atoms with Gasteiger partial charge in [-0.15, -0.1) is 0 Å². The van der Waals surface area contributed by atoms with E-state index in [9.17, 15) is 9.59 Å². The molecule has 0 aliphatic rings. The van der Waals surface area contributed by atoms with Crippen molar-refractivity contribution in [2.45, 2.75) is 0 Å². The van der Waals surface area contributed by atoms with Gasteiger partial charge in [-0.2, -0.15) is 0 Å². The number of rotatable bonds is 4. The summed E-state index contributed by atoms with van der Waals surface area (Å²) in [4.78, 5) is 25.9. The highest BCUT2D eigenvalue weighted by molar-refractivity contribution is 5.88. The molecule has 0 spiro atoms. The van der Waals surface area contributed by atoms with Crippen molar-refractivity contribution >= 4 is 23.3 Å². The van der Waals surface area contributed by atoms with Gasteiger partial charge in [0.1, 0.15) is 0 Å². The molecule has 10 nitrogen and oxygen atoms in total. The van der Waals surface area contributed by atoms with Crippen molar-refractivity contribution in [2.24, 2.45) is 10.2 Å². The summed E-state index contributed by atoms with van der Waals surface area (Å²) in [6.07, 6.45) is 0. The van der Waals surface area contributed by atoms with Crippen LogP contribution < -0.4 is 0 Å². The number of nitrogens with zero attached hydrogens (tertiary/aromatic N) is 6. The van der Waals surface area contributed by atoms with Gasteiger partial charge in [0.25, 0.3) is 0 Å². The highest BCUT2D eigenvalue weighted by Gasteiger charge is 2.01. The summed E-state index contributed by atoms with van der Waals surface area (Å²) < 4.78 is 0. The van der Waals surface area contributed by atoms with Crippen molar-refractivity contribution in [3.05, 3.63) is 80.5 Å². The van der Waals surface area contributed by atoms with Gasteiger partial charge < -0.3 is 10.2 Å². The van der Waals surface area contributed by atoms with Gasteiger partial charge in [0, 0.05) is 21.2 Å². The van der Waals surface area contributed by atoms with E-state index in [1.807, 2.05) is 0 Å². The van der Waals surface area contributed by atoms with E-state index in [0.717, 1.165) is 0 Å². The van der Waals surface area contributed by atoms with Crippen LogP contribution in [-0.4, -0.2) is 22.2 Å². The van der Waals surface area contributed by atoms with Gasteiger partial charge in [-0.1, -0.05) is 34.5 Å². The van der Waals surface area contributed by atoms with Crippen LogP contribution in [-0.2, 0) is 0 Å². The quantitative estimate of drug-likeness (QED) is 0.473. The third-order valence-electron chi connectivity index (χ3n) is 2.53. The zero-order valence-electron chi connectivity index (χ0n) is 12.0. The van der Waals surface area contributed by atoms with E-state index in [1.54, 1.807) is 0 Å². The van der Waals surface area contributed by atoms with E-state index in [2.05, 4.69) is 20.1 Å². The minimum atomic E-state index is -1.04. The van der Waals surface area contributed by atoms with E-state index in [-0.39, 0.29) is 11.1 Å². The van der Waals surface area contributed by atoms with E-state index in [4.69, 9.17) is 21.3 Å². The fourth-order valence-electron chi connectivity index (χ4n) is 1.48. The summed E-state index contributed by atoms with van der Waals surface area (Å²) in [6.45, 7) is 0. The largest absolute Gasteiger partial charge is 0.478 e. The Morgan fingerprint density at radius 3 is 1.83 bits per heavy atom. The van der Waals surface area contributed by atoms with Crippen molar-refractivity contribution in [1.82, 2.24) is 0 Å². The average Bonchev–Trinajstić information content (AvgIpc) is 2.57. The third-order valence-corrected chi connectivity index (χ3v) is 2.53. The Bertz CT molecular complexity index is 798. The number of carbonyl (C=O) groups is 2. The van der Waals surface area contributed by atoms with Crippen molar-refractivity contribution in [3.8, 4) is 0 Å². The summed E-state index contributed by atoms with van der Waals surface area (Å²) in [5.41, 5.74) is 17.1. The number of hydrogen-bond acceptors (Lipinski definition) is 4. The summed E-state index contributed by atoms with van der Waals surface area (Å²) in [7, 11) is 0. The predicted octanol–water partition coefficient (Wildman–Crippen LogP) is 4.65. The Morgan fingerprint density at radius 1 is 0.792 bits per heavy atom. The molecule has 2 aromatic carbocycles. The molecule has 2 aromatic rings. The molecular formula is C14H10N6O4. The predicted molar refractivity (Wildman–Crippen MR) is 84.4 cm³/mol. The number of azide groups is 2. The zero-order valence-corrected chi connectivity index (χ0v) is 12.0. The maximum Gasteiger partial charge on any atom is 0.335 e. The third kappa shape index (κ3) is 5.78. The van der Waals surface area contributed by atoms with Crippen LogP contribution in [0.1, 0.15) is 20.7 Å². The van der Waals surface area contributed by atoms with Gasteiger partial charge in [-0.25, -0.2) is 9.59 Å². The molecular weight excluding hydrogens is 316 g/mol. The van der Waals surface area contributed by atoms with Gasteiger partial charge >= 0.3 is 11.9 Å². The second kappa shape index (κ2) is 9.11. The molecule has 0 saturated carbocycles. The molecule has 0 aliphatic heterocycles. The Kier molecular flexibility index (Phi) is 6.85. The van der Waals surface area contributed by atoms with Crippen LogP contribution in [0, 0.1) is 0 Å². The molecule has 0 heterocycles. The van der Waals surface area contributed by atoms with Crippen molar-refractivity contribution < 1.29 is 19.8 Å². The zero-order chi connectivity index (χ0) is 17.9. The van der Waals surface area contributed by atoms with E-state index in [0.29, 0.717) is 11.4 Å². The lowest BCUT2D eigenvalue weighted by Crippen LogP contribution is -1.94. The monoisotopic (exact) mass is 326 g/mol. The van der Waals surface area contributed by atoms with Crippen LogP contribution in [0.15, 0.2) is 58.8 Å². The smallest absolute Gasteiger partial charge is 0.335 e. The molecule has 0 saturated heterocycles. The first-order chi connectivity index (χ1) is 11.5. The average molecular weight is 326 g/mol. The number of benzene rings is 2. The van der Waals surface area contributed by atoms with Crippen LogP contribution in [0.5, 0.6) is 0 Å². The lowest BCUT2D eigenvalue weighted by molar-refractivity contribution is 0.0686. The molecule has 0 aliphatic carbocycles. The maximum atomic E-state index is 10.4. The number of aromatic carboxylic acids is 2. The van der Waals surface area contributed by atoms with Crippen LogP contribution in [0.3, 0.4) is 0 Å². The minimum absolute atomic E-state index is 0.111. The van der Waals surface area contributed by atoms with Crippen LogP contribution >= 0.6 is 0 Å². The normalized spacial score (nSPS) is 8.67. The molecule has 2 N–H and O–H groups in total. The Balaban J connectivity index is 0.000000240. The first-order valence-corrected chi connectivity index (χ1v) is 6.25. The fourth-order valence-corrected chi connectivity index (χ4v) is 1.48. The molecule has 2 rings (SSSR count). The highest BCUT2D eigenvalue weighted by atomic mass is 16.4. The molecule has 0 bridgehead atoms. The number of carboxylic acids is 2. The fraction of sp³-hybridized carbons (Fsp3) is 0. The van der Waals surface area contributed by atoms with Crippen LogP contribution in [0.25, 0.3) is 20.9 Å². The lowest BCUT2D eigenvalue weighted by Gasteiger charge is -1.93. The molecule has 0 amide bonds. The summed E-state index contributed by atoms with van der Waals surface area (Å²) >= 11 is 0. The Morgan fingerprint density at radius 2 is 1.33 bits per heavy atom. The second-order valence-corrected chi connectivity index (χ2v) is 4.09. The Hall–Kier alpha value is -4.00. The van der Waals surface area contributed by atoms with E-state index >= 15 is 0 Å². The molecule has 24 heavy (non-hydrogen) atoms. The molecule has 0 fully saturated rings. The standard InChI is InChI=1S/2C7H5N3O2/c8-10-9-6-3-1-5(2-4-6)7(11)12;8-10-9-6-3-1-2-5(4-6)7(11)12/h2*1-4H,(H,11,12). The SMILES string of the molecule is [N-]=[N+]=Nc1ccc(C(=O)O)cc1.[N-]=[N+]=Nc1cccc(C(=O)O)c1. The summed E-state index contributed by atoms with van der Waals surface area (Å²) in [6, 6.07) is 11.4. The first kappa shape index (κ1) is 18.1. The number of carboxylic acid groups (broad SMARTS) is 2. The van der Waals surface area contributed by atoms with Crippen molar-refractivity contribution in [2.75, 3.05) is 0 Å². The molecule has 10 heteroatoms. The van der Waals surface area contributed by atoms with E-state index in [1.165, 1.54) is 48.5 Å². The second-order valence-electron chi connectivity index (χ2n) is 4.09. The van der Waals surface area contributed by atoms with Gasteiger partial charge in [0.05, 0.1) is 11.1 Å². The molecule has 120 valence electrons. The summed E-state index contributed by atoms with van der Waals surface area (Å²) in [5, 5.41) is 23.6. The van der Waals surface area contributed by atoms with Crippen LogP contribution in [0.4, 0.5) is 11.4 Å². The highest BCUT2D eigenvalue weighted by Crippen LogP contribution is 2.14. The minimum Gasteiger partial charge on any atom is -0.478 e. The Labute approximate surface area is 134 Å².